The molecular weight excluding hydrogens is 324 g/mol. The first-order valence-corrected chi connectivity index (χ1v) is 9.92. The van der Waals surface area contributed by atoms with Gasteiger partial charge in [-0.1, -0.05) is 26.0 Å². The monoisotopic (exact) mass is 352 g/mol. The molecule has 4 rings (SSSR count). The van der Waals surface area contributed by atoms with Crippen molar-refractivity contribution >= 4 is 5.91 Å². The second-order valence-corrected chi connectivity index (χ2v) is 8.19. The van der Waals surface area contributed by atoms with Crippen LogP contribution in [0.15, 0.2) is 24.3 Å². The first-order chi connectivity index (χ1) is 12.6. The molecule has 1 aromatic heterocycles. The summed E-state index contributed by atoms with van der Waals surface area (Å²) >= 11 is 0. The minimum absolute atomic E-state index is 0.0335. The van der Waals surface area contributed by atoms with Gasteiger partial charge in [0.15, 0.2) is 0 Å². The summed E-state index contributed by atoms with van der Waals surface area (Å²) in [5.74, 6) is 3.52. The summed E-state index contributed by atoms with van der Waals surface area (Å²) in [5.41, 5.74) is 2.04. The molecule has 0 bridgehead atoms. The average molecular weight is 352 g/mol. The van der Waals surface area contributed by atoms with Crippen LogP contribution in [0.25, 0.3) is 0 Å². The molecule has 1 amide bonds. The van der Waals surface area contributed by atoms with E-state index in [1.807, 2.05) is 12.1 Å². The Morgan fingerprint density at radius 3 is 2.62 bits per heavy atom. The summed E-state index contributed by atoms with van der Waals surface area (Å²) in [7, 11) is 0. The van der Waals surface area contributed by atoms with Crippen molar-refractivity contribution in [2.24, 2.45) is 5.92 Å². The lowest BCUT2D eigenvalue weighted by molar-refractivity contribution is 0.0933. The van der Waals surface area contributed by atoms with Crippen molar-refractivity contribution in [3.05, 3.63) is 47.0 Å². The van der Waals surface area contributed by atoms with Crippen LogP contribution in [0.5, 0.6) is 0 Å². The first kappa shape index (κ1) is 17.3. The lowest BCUT2D eigenvalue weighted by Gasteiger charge is -2.16. The second kappa shape index (κ2) is 7.22. The fourth-order valence-electron chi connectivity index (χ4n) is 3.83. The highest BCUT2D eigenvalue weighted by molar-refractivity contribution is 5.94. The molecule has 1 unspecified atom stereocenters. The van der Waals surface area contributed by atoms with Gasteiger partial charge < -0.3 is 9.88 Å². The Kier molecular flexibility index (Phi) is 4.79. The van der Waals surface area contributed by atoms with Crippen LogP contribution in [0.1, 0.15) is 73.0 Å². The van der Waals surface area contributed by atoms with Gasteiger partial charge in [0.05, 0.1) is 0 Å². The van der Waals surface area contributed by atoms with Gasteiger partial charge in [0.25, 0.3) is 5.91 Å². The van der Waals surface area contributed by atoms with Crippen LogP contribution < -0.4 is 5.32 Å². The van der Waals surface area contributed by atoms with Gasteiger partial charge in [-0.3, -0.25) is 4.79 Å². The van der Waals surface area contributed by atoms with Crippen molar-refractivity contribution < 1.29 is 4.79 Å². The smallest absolute Gasteiger partial charge is 0.251 e. The molecule has 1 aliphatic heterocycles. The van der Waals surface area contributed by atoms with Crippen LogP contribution in [0.3, 0.4) is 0 Å². The molecule has 0 spiro atoms. The fraction of sp³-hybridized carbons (Fsp3) is 0.571. The molecule has 1 fully saturated rings. The predicted octanol–water partition coefficient (Wildman–Crippen LogP) is 3.49. The molecule has 1 aliphatic carbocycles. The molecule has 1 aromatic carbocycles. The van der Waals surface area contributed by atoms with Crippen molar-refractivity contribution in [2.45, 2.75) is 70.9 Å². The lowest BCUT2D eigenvalue weighted by Crippen LogP contribution is -2.35. The number of benzene rings is 1. The van der Waals surface area contributed by atoms with Gasteiger partial charge in [-0.05, 0) is 55.7 Å². The fourth-order valence-corrected chi connectivity index (χ4v) is 3.83. The van der Waals surface area contributed by atoms with Crippen LogP contribution in [0, 0.1) is 5.92 Å². The highest BCUT2D eigenvalue weighted by Crippen LogP contribution is 2.39. The Bertz CT molecular complexity index is 774. The van der Waals surface area contributed by atoms with Gasteiger partial charge in [-0.25, -0.2) is 0 Å². The number of hydrogen-bond donors (Lipinski definition) is 1. The van der Waals surface area contributed by atoms with Crippen molar-refractivity contribution in [2.75, 3.05) is 0 Å². The Morgan fingerprint density at radius 2 is 1.92 bits per heavy atom. The standard InChI is InChI=1S/C21H28N4O/c1-14(2)13-15-3-5-17(6-4-15)21(26)22-18-9-10-19-23-24-20(16-7-8-16)25(19)12-11-18/h3-6,14,16,18H,7-13H2,1-2H3,(H,22,26). The van der Waals surface area contributed by atoms with Crippen LogP contribution in [0.2, 0.25) is 0 Å². The average Bonchev–Trinajstić information content (AvgIpc) is 3.41. The number of carbonyl (C=O) groups excluding carboxylic acids is 1. The number of fused-ring (bicyclic) bond motifs is 1. The summed E-state index contributed by atoms with van der Waals surface area (Å²) in [6.45, 7) is 5.33. The van der Waals surface area contributed by atoms with E-state index in [1.54, 1.807) is 0 Å². The molecule has 2 aromatic rings. The molecule has 2 aliphatic rings. The van der Waals surface area contributed by atoms with E-state index in [1.165, 1.54) is 18.4 Å². The van der Waals surface area contributed by atoms with Gasteiger partial charge in [0.2, 0.25) is 0 Å². The van der Waals surface area contributed by atoms with Gasteiger partial charge in [0.1, 0.15) is 11.6 Å². The predicted molar refractivity (Wildman–Crippen MR) is 101 cm³/mol. The molecule has 138 valence electrons. The number of nitrogens with one attached hydrogen (secondary N) is 1. The van der Waals surface area contributed by atoms with E-state index in [9.17, 15) is 4.79 Å². The number of aromatic nitrogens is 3. The summed E-state index contributed by atoms with van der Waals surface area (Å²) in [6, 6.07) is 8.25. The highest BCUT2D eigenvalue weighted by atomic mass is 16.1. The van der Waals surface area contributed by atoms with Crippen molar-refractivity contribution in [3.8, 4) is 0 Å². The third kappa shape index (κ3) is 3.81. The van der Waals surface area contributed by atoms with Crippen molar-refractivity contribution in [3.63, 3.8) is 0 Å². The molecule has 1 N–H and O–H groups in total. The Morgan fingerprint density at radius 1 is 1.15 bits per heavy atom. The summed E-state index contributed by atoms with van der Waals surface area (Å²) < 4.78 is 2.30. The van der Waals surface area contributed by atoms with Crippen molar-refractivity contribution in [1.82, 2.24) is 20.1 Å². The van der Waals surface area contributed by atoms with E-state index >= 15 is 0 Å². The number of rotatable bonds is 5. The number of amides is 1. The highest BCUT2D eigenvalue weighted by Gasteiger charge is 2.31. The number of carbonyl (C=O) groups is 1. The minimum atomic E-state index is 0.0335. The molecule has 5 heteroatoms. The van der Waals surface area contributed by atoms with E-state index < -0.39 is 0 Å². The second-order valence-electron chi connectivity index (χ2n) is 8.19. The number of hydrogen-bond acceptors (Lipinski definition) is 3. The maximum Gasteiger partial charge on any atom is 0.251 e. The summed E-state index contributed by atoms with van der Waals surface area (Å²) in [6.07, 6.45) is 6.30. The Balaban J connectivity index is 1.36. The van der Waals surface area contributed by atoms with Gasteiger partial charge in [-0.2, -0.15) is 0 Å². The van der Waals surface area contributed by atoms with Crippen LogP contribution >= 0.6 is 0 Å². The zero-order chi connectivity index (χ0) is 18.1. The molecule has 1 atom stereocenters. The van der Waals surface area contributed by atoms with E-state index in [-0.39, 0.29) is 11.9 Å². The molecule has 26 heavy (non-hydrogen) atoms. The molecule has 5 nitrogen and oxygen atoms in total. The lowest BCUT2D eigenvalue weighted by atomic mass is 10.0. The van der Waals surface area contributed by atoms with E-state index in [0.29, 0.717) is 11.8 Å². The largest absolute Gasteiger partial charge is 0.349 e. The van der Waals surface area contributed by atoms with E-state index in [0.717, 1.165) is 49.4 Å². The van der Waals surface area contributed by atoms with Crippen LogP contribution in [-0.4, -0.2) is 26.7 Å². The number of nitrogens with zero attached hydrogens (tertiary/aromatic N) is 3. The molecule has 0 saturated heterocycles. The first-order valence-electron chi connectivity index (χ1n) is 9.92. The van der Waals surface area contributed by atoms with E-state index in [4.69, 9.17) is 0 Å². The minimum Gasteiger partial charge on any atom is -0.349 e. The third-order valence-electron chi connectivity index (χ3n) is 5.41. The molecule has 2 heterocycles. The molecular formula is C21H28N4O. The normalized spacial score (nSPS) is 19.9. The van der Waals surface area contributed by atoms with Gasteiger partial charge >= 0.3 is 0 Å². The molecule has 1 saturated carbocycles. The van der Waals surface area contributed by atoms with Crippen molar-refractivity contribution in [1.29, 1.82) is 0 Å². The third-order valence-corrected chi connectivity index (χ3v) is 5.41. The maximum atomic E-state index is 12.6. The van der Waals surface area contributed by atoms with Crippen LogP contribution in [-0.2, 0) is 19.4 Å². The summed E-state index contributed by atoms with van der Waals surface area (Å²) in [4.78, 5) is 12.6. The Labute approximate surface area is 155 Å². The van der Waals surface area contributed by atoms with Gasteiger partial charge in [-0.15, -0.1) is 10.2 Å². The Hall–Kier alpha value is -2.17. The maximum absolute atomic E-state index is 12.6. The zero-order valence-electron chi connectivity index (χ0n) is 15.7. The number of aryl methyl sites for hydroxylation is 1. The van der Waals surface area contributed by atoms with Crippen LogP contribution in [0.4, 0.5) is 0 Å². The quantitative estimate of drug-likeness (QED) is 0.896. The zero-order valence-corrected chi connectivity index (χ0v) is 15.7. The molecule has 0 radical (unpaired) electrons. The van der Waals surface area contributed by atoms with Gasteiger partial charge in [0, 0.05) is 30.5 Å². The topological polar surface area (TPSA) is 59.8 Å². The SMILES string of the molecule is CC(C)Cc1ccc(C(=O)NC2CCc3nnc(C4CC4)n3CC2)cc1. The van der Waals surface area contributed by atoms with E-state index in [2.05, 4.69) is 46.1 Å². The summed E-state index contributed by atoms with van der Waals surface area (Å²) in [5, 5.41) is 12.0.